The predicted molar refractivity (Wildman–Crippen MR) is 94.0 cm³/mol. The summed E-state index contributed by atoms with van der Waals surface area (Å²) in [5.41, 5.74) is -0.409. The van der Waals surface area contributed by atoms with Gasteiger partial charge in [-0.25, -0.2) is 4.79 Å². The van der Waals surface area contributed by atoms with Gasteiger partial charge in [-0.2, -0.15) is 13.2 Å². The second kappa shape index (κ2) is 6.96. The summed E-state index contributed by atoms with van der Waals surface area (Å²) in [6.45, 7) is 9.33. The van der Waals surface area contributed by atoms with Gasteiger partial charge in [0.05, 0.1) is 0 Å². The molecule has 1 aromatic heterocycles. The highest BCUT2D eigenvalue weighted by atomic mass is 19.4. The van der Waals surface area contributed by atoms with Crippen molar-refractivity contribution in [1.29, 1.82) is 0 Å². The zero-order chi connectivity index (χ0) is 19.9. The first kappa shape index (κ1) is 19.9. The molecule has 2 fully saturated rings. The Kier molecular flexibility index (Phi) is 5.14. The maximum absolute atomic E-state index is 12.6. The number of aromatic nitrogens is 1. The fourth-order valence-corrected chi connectivity index (χ4v) is 3.66. The number of hydrogen-bond acceptors (Lipinski definition) is 4. The van der Waals surface area contributed by atoms with E-state index in [0.717, 1.165) is 50.7 Å². The lowest BCUT2D eigenvalue weighted by atomic mass is 9.72. The second-order valence-electron chi connectivity index (χ2n) is 8.66. The molecule has 0 aromatic carbocycles. The van der Waals surface area contributed by atoms with Crippen LogP contribution in [0.3, 0.4) is 0 Å². The van der Waals surface area contributed by atoms with Gasteiger partial charge in [0, 0.05) is 31.2 Å². The Morgan fingerprint density at radius 1 is 1.19 bits per heavy atom. The molecule has 2 aliphatic rings. The number of rotatable bonds is 2. The van der Waals surface area contributed by atoms with Gasteiger partial charge in [0.15, 0.2) is 0 Å². The highest BCUT2D eigenvalue weighted by Gasteiger charge is 2.47. The molecular weight excluding hydrogens is 359 g/mol. The number of ether oxygens (including phenoxy) is 1. The van der Waals surface area contributed by atoms with E-state index < -0.39 is 17.5 Å². The van der Waals surface area contributed by atoms with Crippen LogP contribution in [0.15, 0.2) is 18.3 Å². The predicted octanol–water partition coefficient (Wildman–Crippen LogP) is 3.93. The molecule has 0 N–H and O–H groups in total. The van der Waals surface area contributed by atoms with Crippen molar-refractivity contribution < 1.29 is 22.7 Å². The zero-order valence-corrected chi connectivity index (χ0v) is 16.0. The molecule has 1 amide bonds. The van der Waals surface area contributed by atoms with Crippen LogP contribution in [-0.2, 0) is 17.5 Å². The van der Waals surface area contributed by atoms with Crippen LogP contribution < -0.4 is 0 Å². The van der Waals surface area contributed by atoms with Crippen LogP contribution in [0.2, 0.25) is 0 Å². The molecule has 0 unspecified atom stereocenters. The van der Waals surface area contributed by atoms with Crippen molar-refractivity contribution in [1.82, 2.24) is 14.8 Å². The number of amides is 1. The minimum absolute atomic E-state index is 0.159. The number of nitrogens with zero attached hydrogens (tertiary/aromatic N) is 3. The van der Waals surface area contributed by atoms with E-state index in [1.165, 1.54) is 12.3 Å². The summed E-state index contributed by atoms with van der Waals surface area (Å²) < 4.78 is 43.1. The van der Waals surface area contributed by atoms with Gasteiger partial charge >= 0.3 is 12.3 Å². The molecule has 0 bridgehead atoms. The normalized spacial score (nSPS) is 20.4. The summed E-state index contributed by atoms with van der Waals surface area (Å²) in [7, 11) is 0. The molecule has 150 valence electrons. The third-order valence-electron chi connectivity index (χ3n) is 5.14. The third kappa shape index (κ3) is 4.91. The van der Waals surface area contributed by atoms with Gasteiger partial charge in [-0.15, -0.1) is 0 Å². The summed E-state index contributed by atoms with van der Waals surface area (Å²) in [4.78, 5) is 19.6. The van der Waals surface area contributed by atoms with E-state index in [4.69, 9.17) is 4.74 Å². The highest BCUT2D eigenvalue weighted by Crippen LogP contribution is 2.41. The van der Waals surface area contributed by atoms with Gasteiger partial charge in [-0.3, -0.25) is 9.88 Å². The molecule has 5 nitrogen and oxygen atoms in total. The van der Waals surface area contributed by atoms with Crippen LogP contribution in [0.25, 0.3) is 0 Å². The van der Waals surface area contributed by atoms with Crippen LogP contribution in [0.1, 0.15) is 44.9 Å². The first-order chi connectivity index (χ1) is 12.5. The molecule has 2 aliphatic heterocycles. The van der Waals surface area contributed by atoms with Crippen LogP contribution >= 0.6 is 0 Å². The minimum atomic E-state index is -4.40. The van der Waals surface area contributed by atoms with E-state index in [1.807, 2.05) is 20.8 Å². The molecule has 0 aliphatic carbocycles. The molecule has 0 saturated carbocycles. The van der Waals surface area contributed by atoms with Gasteiger partial charge in [0.1, 0.15) is 11.3 Å². The average Bonchev–Trinajstić information content (AvgIpc) is 2.51. The molecular formula is C19H26F3N3O2. The summed E-state index contributed by atoms with van der Waals surface area (Å²) in [5, 5.41) is 0. The van der Waals surface area contributed by atoms with Gasteiger partial charge in [0.2, 0.25) is 0 Å². The van der Waals surface area contributed by atoms with Crippen molar-refractivity contribution >= 4 is 6.09 Å². The van der Waals surface area contributed by atoms with Crippen molar-refractivity contribution in [3.8, 4) is 0 Å². The molecule has 3 rings (SSSR count). The zero-order valence-electron chi connectivity index (χ0n) is 16.0. The standard InChI is InChI=1S/C19H26F3N3O2/c1-17(2,3)27-16(26)25-12-18(13-25)6-8-24(9-7-18)11-14-4-5-15(23-10-14)19(20,21)22/h4-5,10H,6-9,11-13H2,1-3H3. The maximum atomic E-state index is 12.6. The van der Waals surface area contributed by atoms with Crippen LogP contribution in [0.5, 0.6) is 0 Å². The van der Waals surface area contributed by atoms with Crippen molar-refractivity contribution in [2.75, 3.05) is 26.2 Å². The highest BCUT2D eigenvalue weighted by molar-refractivity contribution is 5.69. The maximum Gasteiger partial charge on any atom is 0.433 e. The van der Waals surface area contributed by atoms with Crippen molar-refractivity contribution in [2.24, 2.45) is 5.41 Å². The van der Waals surface area contributed by atoms with E-state index in [-0.39, 0.29) is 11.5 Å². The Morgan fingerprint density at radius 3 is 2.30 bits per heavy atom. The van der Waals surface area contributed by atoms with Crippen molar-refractivity contribution in [3.05, 3.63) is 29.6 Å². The molecule has 0 atom stereocenters. The van der Waals surface area contributed by atoms with Crippen LogP contribution in [0.4, 0.5) is 18.0 Å². The summed E-state index contributed by atoms with van der Waals surface area (Å²) in [6.07, 6.45) is -1.41. The monoisotopic (exact) mass is 385 g/mol. The number of carbonyl (C=O) groups is 1. The first-order valence-corrected chi connectivity index (χ1v) is 9.18. The van der Waals surface area contributed by atoms with E-state index in [0.29, 0.717) is 6.54 Å². The number of hydrogen-bond donors (Lipinski definition) is 0. The van der Waals surface area contributed by atoms with E-state index in [2.05, 4.69) is 9.88 Å². The Balaban J connectivity index is 1.46. The fraction of sp³-hybridized carbons (Fsp3) is 0.684. The van der Waals surface area contributed by atoms with Gasteiger partial charge in [-0.1, -0.05) is 6.07 Å². The molecule has 27 heavy (non-hydrogen) atoms. The molecule has 0 radical (unpaired) electrons. The van der Waals surface area contributed by atoms with Gasteiger partial charge in [-0.05, 0) is 58.3 Å². The fourth-order valence-electron chi connectivity index (χ4n) is 3.66. The molecule has 3 heterocycles. The van der Waals surface area contributed by atoms with Crippen LogP contribution in [0, 0.1) is 5.41 Å². The molecule has 8 heteroatoms. The van der Waals surface area contributed by atoms with Crippen molar-refractivity contribution in [3.63, 3.8) is 0 Å². The Bertz CT molecular complexity index is 667. The van der Waals surface area contributed by atoms with Crippen molar-refractivity contribution in [2.45, 2.75) is 51.9 Å². The first-order valence-electron chi connectivity index (χ1n) is 9.18. The summed E-state index contributed by atoms with van der Waals surface area (Å²) in [6, 6.07) is 2.53. The van der Waals surface area contributed by atoms with E-state index >= 15 is 0 Å². The number of alkyl halides is 3. The Labute approximate surface area is 157 Å². The molecule has 1 aromatic rings. The minimum Gasteiger partial charge on any atom is -0.444 e. The summed E-state index contributed by atoms with van der Waals surface area (Å²) >= 11 is 0. The quantitative estimate of drug-likeness (QED) is 0.774. The van der Waals surface area contributed by atoms with E-state index in [9.17, 15) is 18.0 Å². The smallest absolute Gasteiger partial charge is 0.433 e. The lowest BCUT2D eigenvalue weighted by Gasteiger charge is -2.53. The molecule has 2 saturated heterocycles. The molecule has 1 spiro atoms. The lowest BCUT2D eigenvalue weighted by molar-refractivity contribution is -0.141. The average molecular weight is 385 g/mol. The Morgan fingerprint density at radius 2 is 1.81 bits per heavy atom. The van der Waals surface area contributed by atoms with Gasteiger partial charge in [0.25, 0.3) is 0 Å². The number of piperidine rings is 1. The van der Waals surface area contributed by atoms with Gasteiger partial charge < -0.3 is 9.64 Å². The largest absolute Gasteiger partial charge is 0.444 e. The van der Waals surface area contributed by atoms with E-state index in [1.54, 1.807) is 4.90 Å². The number of pyridine rings is 1. The second-order valence-corrected chi connectivity index (χ2v) is 8.66. The van der Waals surface area contributed by atoms with Crippen LogP contribution in [-0.4, -0.2) is 52.7 Å². The Hall–Kier alpha value is -1.83. The third-order valence-corrected chi connectivity index (χ3v) is 5.14. The number of halogens is 3. The number of carbonyl (C=O) groups excluding carboxylic acids is 1. The SMILES string of the molecule is CC(C)(C)OC(=O)N1CC2(CCN(Cc3ccc(C(F)(F)F)nc3)CC2)C1. The summed E-state index contributed by atoms with van der Waals surface area (Å²) in [5.74, 6) is 0. The topological polar surface area (TPSA) is 45.7 Å². The number of likely N-dealkylation sites (tertiary alicyclic amines) is 2. The lowest BCUT2D eigenvalue weighted by Crippen LogP contribution is -2.62.